The van der Waals surface area contributed by atoms with E-state index in [-0.39, 0.29) is 5.54 Å². The average Bonchev–Trinajstić information content (AvgIpc) is 2.48. The molecule has 0 aliphatic carbocycles. The van der Waals surface area contributed by atoms with Crippen molar-refractivity contribution < 1.29 is 5.11 Å². The first-order valence-electron chi connectivity index (χ1n) is 8.05. The third-order valence-electron chi connectivity index (χ3n) is 4.60. The number of aliphatic hydroxyl groups is 1. The van der Waals surface area contributed by atoms with Gasteiger partial charge in [0.25, 0.3) is 0 Å². The Hall–Kier alpha value is -0.860. The number of likely N-dealkylation sites (N-methyl/N-ethyl adjacent to an activating group) is 1. The fourth-order valence-electron chi connectivity index (χ4n) is 3.10. The molecule has 1 rings (SSSR count). The summed E-state index contributed by atoms with van der Waals surface area (Å²) in [5.74, 6) is 0. The predicted molar refractivity (Wildman–Crippen MR) is 87.0 cm³/mol. The van der Waals surface area contributed by atoms with E-state index >= 15 is 0 Å². The zero-order valence-electron chi connectivity index (χ0n) is 13.8. The summed E-state index contributed by atoms with van der Waals surface area (Å²) in [4.78, 5) is 2.37. The minimum Gasteiger partial charge on any atom is -0.386 e. The monoisotopic (exact) mass is 277 g/mol. The average molecular weight is 277 g/mol. The first-order valence-corrected chi connectivity index (χ1v) is 8.05. The third-order valence-corrected chi connectivity index (χ3v) is 4.60. The van der Waals surface area contributed by atoms with E-state index in [2.05, 4.69) is 63.8 Å². The lowest BCUT2D eigenvalue weighted by Gasteiger charge is -2.43. The van der Waals surface area contributed by atoms with Crippen LogP contribution in [0.3, 0.4) is 0 Å². The van der Waals surface area contributed by atoms with Crippen molar-refractivity contribution in [2.24, 2.45) is 0 Å². The number of benzene rings is 1. The van der Waals surface area contributed by atoms with E-state index < -0.39 is 6.10 Å². The Bertz CT molecular complexity index is 400. The molecule has 20 heavy (non-hydrogen) atoms. The molecular weight excluding hydrogens is 246 g/mol. The Kier molecular flexibility index (Phi) is 6.70. The van der Waals surface area contributed by atoms with Crippen LogP contribution in [0, 0.1) is 0 Å². The molecule has 1 aromatic rings. The van der Waals surface area contributed by atoms with E-state index in [0.29, 0.717) is 0 Å². The highest BCUT2D eigenvalue weighted by atomic mass is 16.3. The highest BCUT2D eigenvalue weighted by Gasteiger charge is 2.36. The molecule has 1 N–H and O–H groups in total. The lowest BCUT2D eigenvalue weighted by molar-refractivity contribution is -0.0214. The molecule has 2 heteroatoms. The van der Waals surface area contributed by atoms with Crippen LogP contribution in [-0.4, -0.2) is 28.6 Å². The van der Waals surface area contributed by atoms with Gasteiger partial charge in [-0.15, -0.1) is 0 Å². The maximum Gasteiger partial charge on any atom is 0.0970 e. The molecule has 0 spiro atoms. The summed E-state index contributed by atoms with van der Waals surface area (Å²) >= 11 is 0. The molecule has 2 nitrogen and oxygen atoms in total. The van der Waals surface area contributed by atoms with Crippen LogP contribution in [0.5, 0.6) is 0 Å². The van der Waals surface area contributed by atoms with Gasteiger partial charge in [-0.05, 0) is 44.0 Å². The number of hydrogen-bond donors (Lipinski definition) is 1. The molecule has 0 saturated carbocycles. The van der Waals surface area contributed by atoms with Gasteiger partial charge in [-0.1, -0.05) is 58.4 Å². The molecule has 0 heterocycles. The molecule has 0 radical (unpaired) electrons. The van der Waals surface area contributed by atoms with Gasteiger partial charge in [0.15, 0.2) is 0 Å². The first-order chi connectivity index (χ1) is 9.53. The van der Waals surface area contributed by atoms with Crippen molar-refractivity contribution in [1.82, 2.24) is 4.90 Å². The zero-order chi connectivity index (χ0) is 15.2. The SMILES string of the molecule is CCCc1cccc(C(O)C(C)(CC)N(CC)CC)c1. The Morgan fingerprint density at radius 3 is 2.30 bits per heavy atom. The van der Waals surface area contributed by atoms with Crippen LogP contribution in [-0.2, 0) is 6.42 Å². The standard InChI is InChI=1S/C18H31NO/c1-6-11-15-12-10-13-16(14-15)17(20)18(5,7-2)19(8-3)9-4/h10,12-14,17,20H,6-9,11H2,1-5H3. The van der Waals surface area contributed by atoms with Crippen molar-refractivity contribution in [3.05, 3.63) is 35.4 Å². The number of aliphatic hydroxyl groups excluding tert-OH is 1. The highest BCUT2D eigenvalue weighted by Crippen LogP contribution is 2.34. The van der Waals surface area contributed by atoms with Crippen LogP contribution >= 0.6 is 0 Å². The van der Waals surface area contributed by atoms with Crippen LogP contribution in [0.4, 0.5) is 0 Å². The number of rotatable bonds is 8. The van der Waals surface area contributed by atoms with E-state index in [1.165, 1.54) is 5.56 Å². The smallest absolute Gasteiger partial charge is 0.0970 e. The Labute approximate surface area is 124 Å². The molecule has 2 atom stereocenters. The normalized spacial score (nSPS) is 16.1. The summed E-state index contributed by atoms with van der Waals surface area (Å²) in [6, 6.07) is 8.45. The lowest BCUT2D eigenvalue weighted by atomic mass is 9.84. The van der Waals surface area contributed by atoms with Gasteiger partial charge >= 0.3 is 0 Å². The molecule has 0 aliphatic rings. The maximum absolute atomic E-state index is 10.9. The fraction of sp³-hybridized carbons (Fsp3) is 0.667. The second-order valence-corrected chi connectivity index (χ2v) is 5.78. The molecule has 0 saturated heterocycles. The van der Waals surface area contributed by atoms with Crippen LogP contribution in [0.25, 0.3) is 0 Å². The molecule has 0 bridgehead atoms. The number of aryl methyl sites for hydroxylation is 1. The summed E-state index contributed by atoms with van der Waals surface area (Å²) in [6.07, 6.45) is 2.72. The molecule has 1 aromatic carbocycles. The Morgan fingerprint density at radius 2 is 1.80 bits per heavy atom. The second kappa shape index (κ2) is 7.80. The van der Waals surface area contributed by atoms with E-state index in [1.807, 2.05) is 0 Å². The molecule has 114 valence electrons. The third kappa shape index (κ3) is 3.62. The van der Waals surface area contributed by atoms with Crippen molar-refractivity contribution in [3.8, 4) is 0 Å². The largest absolute Gasteiger partial charge is 0.386 e. The number of nitrogens with zero attached hydrogens (tertiary/aromatic N) is 1. The summed E-state index contributed by atoms with van der Waals surface area (Å²) in [5.41, 5.74) is 2.17. The van der Waals surface area contributed by atoms with Gasteiger partial charge in [0.2, 0.25) is 0 Å². The summed E-state index contributed by atoms with van der Waals surface area (Å²) < 4.78 is 0. The van der Waals surface area contributed by atoms with Gasteiger partial charge in [-0.2, -0.15) is 0 Å². The van der Waals surface area contributed by atoms with E-state index in [1.54, 1.807) is 0 Å². The van der Waals surface area contributed by atoms with Gasteiger partial charge in [0, 0.05) is 5.54 Å². The van der Waals surface area contributed by atoms with Gasteiger partial charge in [-0.25, -0.2) is 0 Å². The molecular formula is C18H31NO. The van der Waals surface area contributed by atoms with Crippen LogP contribution < -0.4 is 0 Å². The molecule has 0 fully saturated rings. The van der Waals surface area contributed by atoms with Crippen molar-refractivity contribution in [2.75, 3.05) is 13.1 Å². The van der Waals surface area contributed by atoms with Gasteiger partial charge in [0.05, 0.1) is 6.10 Å². The van der Waals surface area contributed by atoms with Crippen LogP contribution in [0.15, 0.2) is 24.3 Å². The van der Waals surface area contributed by atoms with Crippen LogP contribution in [0.1, 0.15) is 64.7 Å². The molecule has 0 aliphatic heterocycles. The van der Waals surface area contributed by atoms with Gasteiger partial charge < -0.3 is 5.11 Å². The fourth-order valence-corrected chi connectivity index (χ4v) is 3.10. The Morgan fingerprint density at radius 1 is 1.15 bits per heavy atom. The summed E-state index contributed by atoms with van der Waals surface area (Å²) in [5, 5.41) is 10.9. The first kappa shape index (κ1) is 17.2. The summed E-state index contributed by atoms with van der Waals surface area (Å²) in [6.45, 7) is 12.8. The van der Waals surface area contributed by atoms with Crippen molar-refractivity contribution in [3.63, 3.8) is 0 Å². The quantitative estimate of drug-likeness (QED) is 0.770. The second-order valence-electron chi connectivity index (χ2n) is 5.78. The summed E-state index contributed by atoms with van der Waals surface area (Å²) in [7, 11) is 0. The maximum atomic E-state index is 10.9. The van der Waals surface area contributed by atoms with Crippen molar-refractivity contribution >= 4 is 0 Å². The molecule has 2 unspecified atom stereocenters. The van der Waals surface area contributed by atoms with Gasteiger partial charge in [-0.3, -0.25) is 4.90 Å². The van der Waals surface area contributed by atoms with E-state index in [0.717, 1.165) is 37.9 Å². The molecule has 0 amide bonds. The van der Waals surface area contributed by atoms with E-state index in [9.17, 15) is 5.11 Å². The van der Waals surface area contributed by atoms with Gasteiger partial charge in [0.1, 0.15) is 0 Å². The van der Waals surface area contributed by atoms with Crippen LogP contribution in [0.2, 0.25) is 0 Å². The minimum atomic E-state index is -0.441. The predicted octanol–water partition coefficient (Wildman–Crippen LogP) is 4.18. The molecule has 0 aromatic heterocycles. The highest BCUT2D eigenvalue weighted by molar-refractivity contribution is 5.27. The zero-order valence-corrected chi connectivity index (χ0v) is 13.8. The lowest BCUT2D eigenvalue weighted by Crippen LogP contribution is -2.50. The van der Waals surface area contributed by atoms with Crippen molar-refractivity contribution in [2.45, 2.75) is 65.5 Å². The minimum absolute atomic E-state index is 0.200. The number of hydrogen-bond acceptors (Lipinski definition) is 2. The topological polar surface area (TPSA) is 23.5 Å². The Balaban J connectivity index is 3.06. The van der Waals surface area contributed by atoms with E-state index in [4.69, 9.17) is 0 Å². The van der Waals surface area contributed by atoms with Crippen molar-refractivity contribution in [1.29, 1.82) is 0 Å².